The Balaban J connectivity index is 0.00000363. The zero-order chi connectivity index (χ0) is 22.2. The Labute approximate surface area is 205 Å². The van der Waals surface area contributed by atoms with Gasteiger partial charge in [0.05, 0.1) is 32.7 Å². The molecule has 0 aliphatic carbocycles. The monoisotopic (exact) mass is 558 g/mol. The van der Waals surface area contributed by atoms with Gasteiger partial charge in [0.2, 0.25) is 5.91 Å². The molecule has 1 aromatic carbocycles. The number of guanidine groups is 1. The molecule has 11 heteroatoms. The first-order valence-corrected chi connectivity index (χ1v) is 10.1. The lowest BCUT2D eigenvalue weighted by molar-refractivity contribution is -0.120. The van der Waals surface area contributed by atoms with E-state index in [-0.39, 0.29) is 36.4 Å². The third-order valence-electron chi connectivity index (χ3n) is 4.93. The van der Waals surface area contributed by atoms with Gasteiger partial charge in [-0.15, -0.1) is 24.0 Å². The van der Waals surface area contributed by atoms with Gasteiger partial charge in [-0.25, -0.2) is 0 Å². The van der Waals surface area contributed by atoms with Gasteiger partial charge in [0.1, 0.15) is 23.8 Å². The predicted octanol–water partition coefficient (Wildman–Crippen LogP) is 1.75. The van der Waals surface area contributed by atoms with Crippen LogP contribution >= 0.6 is 24.0 Å². The number of piperazine rings is 1. The minimum absolute atomic E-state index is 0. The third-order valence-corrected chi connectivity index (χ3v) is 4.93. The topological polar surface area (TPSA) is 93.5 Å². The minimum atomic E-state index is 0. The number of carbonyl (C=O) groups is 1. The molecule has 1 amide bonds. The van der Waals surface area contributed by atoms with Crippen molar-refractivity contribution in [1.29, 1.82) is 0 Å². The highest BCUT2D eigenvalue weighted by atomic mass is 127. The molecule has 1 aliphatic heterocycles. The minimum Gasteiger partial charge on any atom is -0.496 e. The lowest BCUT2D eigenvalue weighted by Gasteiger charge is -2.35. The van der Waals surface area contributed by atoms with Crippen LogP contribution in [-0.2, 0) is 11.8 Å². The van der Waals surface area contributed by atoms with Crippen LogP contribution < -0.4 is 24.4 Å². The van der Waals surface area contributed by atoms with Crippen molar-refractivity contribution in [3.8, 4) is 17.2 Å². The summed E-state index contributed by atoms with van der Waals surface area (Å²) in [7, 11) is 6.77. The molecule has 0 spiro atoms. The molecule has 2 aromatic rings. The van der Waals surface area contributed by atoms with Crippen LogP contribution in [0.2, 0.25) is 0 Å². The highest BCUT2D eigenvalue weighted by Crippen LogP contribution is 2.27. The number of carbonyl (C=O) groups excluding carboxylic acids is 1. The maximum Gasteiger partial charge on any atom is 0.246 e. The molecular formula is C21H31IN6O4. The van der Waals surface area contributed by atoms with E-state index in [1.165, 1.54) is 0 Å². The van der Waals surface area contributed by atoms with Crippen LogP contribution in [0.1, 0.15) is 6.42 Å². The largest absolute Gasteiger partial charge is 0.496 e. The van der Waals surface area contributed by atoms with E-state index >= 15 is 0 Å². The first kappa shape index (κ1) is 25.6. The Morgan fingerprint density at radius 3 is 2.41 bits per heavy atom. The quantitative estimate of drug-likeness (QED) is 0.229. The van der Waals surface area contributed by atoms with E-state index in [0.717, 1.165) is 12.1 Å². The predicted molar refractivity (Wildman–Crippen MR) is 134 cm³/mol. The molecule has 32 heavy (non-hydrogen) atoms. The summed E-state index contributed by atoms with van der Waals surface area (Å²) in [6.07, 6.45) is 4.32. The van der Waals surface area contributed by atoms with Crippen molar-refractivity contribution in [1.82, 2.24) is 20.0 Å². The van der Waals surface area contributed by atoms with E-state index in [1.807, 2.05) is 30.3 Å². The third kappa shape index (κ3) is 6.65. The number of hydrogen-bond donors (Lipinski definition) is 1. The standard InChI is InChI=1S/C21H30N6O4.HI/c1-22-21(26-7-8-27(20(28)15-26)16-13-24-25(2)14-16)23-6-5-9-31-19-11-17(29-3)10-18(12-19)30-4;/h10-14H,5-9,15H2,1-4H3,(H,22,23);1H. The summed E-state index contributed by atoms with van der Waals surface area (Å²) in [5, 5.41) is 7.45. The van der Waals surface area contributed by atoms with Gasteiger partial charge in [0.15, 0.2) is 5.96 Å². The number of rotatable bonds is 8. The van der Waals surface area contributed by atoms with Crippen molar-refractivity contribution in [2.24, 2.45) is 12.0 Å². The highest BCUT2D eigenvalue weighted by molar-refractivity contribution is 14.0. The molecule has 2 heterocycles. The first-order valence-electron chi connectivity index (χ1n) is 10.1. The van der Waals surface area contributed by atoms with Crippen molar-refractivity contribution < 1.29 is 19.0 Å². The summed E-state index contributed by atoms with van der Waals surface area (Å²) >= 11 is 0. The molecule has 1 saturated heterocycles. The van der Waals surface area contributed by atoms with E-state index in [1.54, 1.807) is 43.1 Å². The van der Waals surface area contributed by atoms with Crippen LogP contribution in [0.5, 0.6) is 17.2 Å². The molecular weight excluding hydrogens is 527 g/mol. The summed E-state index contributed by atoms with van der Waals surface area (Å²) in [4.78, 5) is 20.6. The first-order chi connectivity index (χ1) is 15.0. The normalized spacial score (nSPS) is 14.1. The average molecular weight is 558 g/mol. The molecule has 1 fully saturated rings. The molecule has 0 saturated carbocycles. The molecule has 0 unspecified atom stereocenters. The van der Waals surface area contributed by atoms with E-state index in [0.29, 0.717) is 49.4 Å². The highest BCUT2D eigenvalue weighted by Gasteiger charge is 2.27. The van der Waals surface area contributed by atoms with E-state index in [9.17, 15) is 4.79 Å². The molecule has 10 nitrogen and oxygen atoms in total. The fraction of sp³-hybridized carbons (Fsp3) is 0.476. The fourth-order valence-corrected chi connectivity index (χ4v) is 3.33. The van der Waals surface area contributed by atoms with Gasteiger partial charge in [-0.05, 0) is 6.42 Å². The summed E-state index contributed by atoms with van der Waals surface area (Å²) < 4.78 is 18.0. The number of aliphatic imine (C=N–C) groups is 1. The zero-order valence-electron chi connectivity index (χ0n) is 18.9. The molecule has 0 bridgehead atoms. The van der Waals surface area contributed by atoms with Gasteiger partial charge >= 0.3 is 0 Å². The van der Waals surface area contributed by atoms with Crippen LogP contribution in [-0.4, -0.2) is 80.6 Å². The van der Waals surface area contributed by atoms with Crippen molar-refractivity contribution in [2.75, 3.05) is 59.0 Å². The van der Waals surface area contributed by atoms with Gasteiger partial charge in [0, 0.05) is 58.1 Å². The summed E-state index contributed by atoms with van der Waals surface area (Å²) in [5.74, 6) is 2.79. The SMILES string of the molecule is CN=C(NCCCOc1cc(OC)cc(OC)c1)N1CCN(c2cnn(C)c2)C(=O)C1.I. The van der Waals surface area contributed by atoms with Gasteiger partial charge in [-0.3, -0.25) is 14.5 Å². The van der Waals surface area contributed by atoms with E-state index in [4.69, 9.17) is 14.2 Å². The molecule has 176 valence electrons. The molecule has 0 atom stereocenters. The van der Waals surface area contributed by atoms with Gasteiger partial charge < -0.3 is 29.3 Å². The maximum absolute atomic E-state index is 12.6. The average Bonchev–Trinajstić information content (AvgIpc) is 3.21. The Morgan fingerprint density at radius 2 is 1.84 bits per heavy atom. The van der Waals surface area contributed by atoms with Gasteiger partial charge in [0.25, 0.3) is 0 Å². The van der Waals surface area contributed by atoms with Crippen LogP contribution in [0.25, 0.3) is 0 Å². The summed E-state index contributed by atoms with van der Waals surface area (Å²) in [6.45, 7) is 2.75. The molecule has 1 aliphatic rings. The number of halogens is 1. The van der Waals surface area contributed by atoms with Crippen molar-refractivity contribution in [3.63, 3.8) is 0 Å². The number of aromatic nitrogens is 2. The lowest BCUT2D eigenvalue weighted by atomic mass is 10.3. The van der Waals surface area contributed by atoms with Crippen molar-refractivity contribution in [2.45, 2.75) is 6.42 Å². The van der Waals surface area contributed by atoms with Crippen molar-refractivity contribution in [3.05, 3.63) is 30.6 Å². The molecule has 3 rings (SSSR count). The summed E-state index contributed by atoms with van der Waals surface area (Å²) in [5.41, 5.74) is 0.821. The van der Waals surface area contributed by atoms with E-state index < -0.39 is 0 Å². The Hall–Kier alpha value is -2.70. The Morgan fingerprint density at radius 1 is 1.16 bits per heavy atom. The maximum atomic E-state index is 12.6. The molecule has 1 N–H and O–H groups in total. The zero-order valence-corrected chi connectivity index (χ0v) is 21.2. The number of nitrogens with one attached hydrogen (secondary N) is 1. The van der Waals surface area contributed by atoms with Crippen molar-refractivity contribution >= 4 is 41.5 Å². The van der Waals surface area contributed by atoms with Gasteiger partial charge in [-0.2, -0.15) is 5.10 Å². The number of nitrogens with zero attached hydrogens (tertiary/aromatic N) is 5. The number of ether oxygens (including phenoxy) is 3. The number of anilines is 1. The number of benzene rings is 1. The lowest BCUT2D eigenvalue weighted by Crippen LogP contribution is -2.55. The number of aryl methyl sites for hydroxylation is 1. The Kier molecular flexibility index (Phi) is 9.88. The summed E-state index contributed by atoms with van der Waals surface area (Å²) in [6, 6.07) is 5.44. The van der Waals surface area contributed by atoms with Crippen LogP contribution in [0, 0.1) is 0 Å². The number of methoxy groups -OCH3 is 2. The number of amides is 1. The van der Waals surface area contributed by atoms with E-state index in [2.05, 4.69) is 15.4 Å². The second-order valence-corrected chi connectivity index (χ2v) is 7.06. The smallest absolute Gasteiger partial charge is 0.246 e. The second kappa shape index (κ2) is 12.4. The van der Waals surface area contributed by atoms with Crippen LogP contribution in [0.3, 0.4) is 0 Å². The van der Waals surface area contributed by atoms with Gasteiger partial charge in [-0.1, -0.05) is 0 Å². The van der Waals surface area contributed by atoms with Crippen LogP contribution in [0.15, 0.2) is 35.6 Å². The Bertz CT molecular complexity index is 897. The second-order valence-electron chi connectivity index (χ2n) is 7.06. The number of hydrogen-bond acceptors (Lipinski definition) is 6. The fourth-order valence-electron chi connectivity index (χ4n) is 3.33. The van der Waals surface area contributed by atoms with Crippen LogP contribution in [0.4, 0.5) is 5.69 Å². The molecule has 0 radical (unpaired) electrons. The molecule has 1 aromatic heterocycles.